The second kappa shape index (κ2) is 15.6. The Kier molecular flexibility index (Phi) is 13.7. The van der Waals surface area contributed by atoms with Crippen molar-refractivity contribution in [2.24, 2.45) is 0 Å². The summed E-state index contributed by atoms with van der Waals surface area (Å²) in [4.78, 5) is 46.3. The molecule has 0 aliphatic carbocycles. The molecular weight excluding hydrogens is 602 g/mol. The molecular formula is C26H45N5O10SSi. The lowest BCUT2D eigenvalue weighted by molar-refractivity contribution is -0.387. The molecule has 0 saturated carbocycles. The highest BCUT2D eigenvalue weighted by Crippen LogP contribution is 2.38. The molecule has 0 radical (unpaired) electrons. The Morgan fingerprint density at radius 2 is 1.74 bits per heavy atom. The van der Waals surface area contributed by atoms with Crippen LogP contribution in [0.4, 0.5) is 10.5 Å². The Bertz CT molecular complexity index is 1250. The predicted octanol–water partition coefficient (Wildman–Crippen LogP) is 2.92. The number of carbonyl (C=O) groups excluding carboxylic acids is 2. The molecule has 0 heterocycles. The maximum Gasteiger partial charge on any atom is 0.407 e. The van der Waals surface area contributed by atoms with Gasteiger partial charge >= 0.3 is 12.1 Å². The molecule has 0 aromatic heterocycles. The van der Waals surface area contributed by atoms with Crippen molar-refractivity contribution in [2.45, 2.75) is 89.0 Å². The van der Waals surface area contributed by atoms with Crippen LogP contribution < -0.4 is 15.5 Å². The maximum absolute atomic E-state index is 12.8. The number of alkyl carbamates (subject to hydrolysis) is 1. The van der Waals surface area contributed by atoms with Crippen molar-refractivity contribution in [1.82, 2.24) is 20.5 Å². The Morgan fingerprint density at radius 3 is 2.28 bits per heavy atom. The van der Waals surface area contributed by atoms with Gasteiger partial charge in [-0.25, -0.2) is 22.9 Å². The van der Waals surface area contributed by atoms with Gasteiger partial charge in [0, 0.05) is 25.8 Å². The van der Waals surface area contributed by atoms with E-state index in [-0.39, 0.29) is 32.0 Å². The van der Waals surface area contributed by atoms with Crippen LogP contribution in [0.5, 0.6) is 0 Å². The van der Waals surface area contributed by atoms with Crippen LogP contribution in [0.3, 0.4) is 0 Å². The lowest BCUT2D eigenvalue weighted by atomic mass is 10.1. The first-order valence-electron chi connectivity index (χ1n) is 13.7. The average molecular weight is 648 g/mol. The van der Waals surface area contributed by atoms with Crippen LogP contribution in [0, 0.1) is 10.1 Å². The molecule has 1 rings (SSSR count). The minimum atomic E-state index is -4.20. The third-order valence-corrected chi connectivity index (χ3v) is 12.8. The van der Waals surface area contributed by atoms with Gasteiger partial charge in [0.15, 0.2) is 4.90 Å². The Balaban J connectivity index is 3.10. The molecule has 0 aliphatic rings. The number of nitro groups is 1. The van der Waals surface area contributed by atoms with Crippen molar-refractivity contribution < 1.29 is 42.0 Å². The number of amides is 2. The molecule has 1 unspecified atom stereocenters. The number of likely N-dealkylation sites (N-methyl/N-ethyl adjacent to an activating group) is 1. The molecule has 4 N–H and O–H groups in total. The van der Waals surface area contributed by atoms with E-state index in [0.717, 1.165) is 17.1 Å². The van der Waals surface area contributed by atoms with Crippen molar-refractivity contribution in [1.29, 1.82) is 0 Å². The van der Waals surface area contributed by atoms with Gasteiger partial charge in [-0.1, -0.05) is 32.9 Å². The lowest BCUT2D eigenvalue weighted by Gasteiger charge is -2.42. The quantitative estimate of drug-likeness (QED) is 0.0888. The molecule has 0 fully saturated rings. The minimum absolute atomic E-state index is 0.0985. The van der Waals surface area contributed by atoms with Gasteiger partial charge in [0.25, 0.3) is 5.69 Å². The second-order valence-corrected chi connectivity index (χ2v) is 18.6. The van der Waals surface area contributed by atoms with E-state index in [2.05, 4.69) is 15.5 Å². The third kappa shape index (κ3) is 13.4. The molecule has 0 spiro atoms. The predicted molar refractivity (Wildman–Crippen MR) is 161 cm³/mol. The number of nitro benzene ring substituents is 1. The normalized spacial score (nSPS) is 14.4. The summed E-state index contributed by atoms with van der Waals surface area (Å²) in [6.07, 6.45) is -0.950. The van der Waals surface area contributed by atoms with Gasteiger partial charge in [-0.2, -0.15) is 0 Å². The van der Waals surface area contributed by atoms with E-state index < -0.39 is 75.1 Å². The van der Waals surface area contributed by atoms with Crippen LogP contribution in [0.2, 0.25) is 11.6 Å². The average Bonchev–Trinajstić information content (AvgIpc) is 2.83. The SMILES string of the molecule is CN(CC(=O)O)NC(=O)C[C@@H](CCCNS(=O)(=O)c1ccccc1[N+](=O)[O-])O[Si](C)(CNC(=O)OC(C)(C)C)C(C)(C)C. The first kappa shape index (κ1) is 37.9. The molecule has 0 aliphatic heterocycles. The number of carboxylic acids is 1. The number of hydrogen-bond donors (Lipinski definition) is 4. The van der Waals surface area contributed by atoms with E-state index in [0.29, 0.717) is 0 Å². The van der Waals surface area contributed by atoms with E-state index in [1.54, 1.807) is 20.8 Å². The Hall–Kier alpha value is -3.12. The molecule has 15 nitrogen and oxygen atoms in total. The molecule has 0 saturated heterocycles. The van der Waals surface area contributed by atoms with Crippen molar-refractivity contribution in [2.75, 3.05) is 26.3 Å². The molecule has 244 valence electrons. The number of aliphatic carboxylic acids is 1. The van der Waals surface area contributed by atoms with Gasteiger partial charge in [-0.05, 0) is 51.3 Å². The summed E-state index contributed by atoms with van der Waals surface area (Å²) in [5.41, 5.74) is 1.22. The van der Waals surface area contributed by atoms with Crippen LogP contribution in [0.25, 0.3) is 0 Å². The molecule has 0 bridgehead atoms. The first-order valence-corrected chi connectivity index (χ1v) is 17.8. The third-order valence-electron chi connectivity index (χ3n) is 6.43. The van der Waals surface area contributed by atoms with Crippen LogP contribution in [0.1, 0.15) is 60.8 Å². The zero-order valence-electron chi connectivity index (χ0n) is 26.1. The van der Waals surface area contributed by atoms with E-state index in [1.165, 1.54) is 19.2 Å². The summed E-state index contributed by atoms with van der Waals surface area (Å²) in [5.74, 6) is -1.65. The number of hydrazine groups is 1. The molecule has 1 aromatic carbocycles. The maximum atomic E-state index is 12.8. The second-order valence-electron chi connectivity index (χ2n) is 12.3. The highest BCUT2D eigenvalue weighted by molar-refractivity contribution is 7.89. The Morgan fingerprint density at radius 1 is 1.14 bits per heavy atom. The topological polar surface area (TPSA) is 207 Å². The number of para-hydroxylation sites is 1. The van der Waals surface area contributed by atoms with Gasteiger partial charge in [0.05, 0.1) is 17.4 Å². The standard InChI is InChI=1S/C26H45N5O10SSi/c1-25(2,3)40-24(35)27-18-43(8,26(4,5)6)41-19(16-22(32)29-30(7)17-23(33)34)12-11-15-28-42(38,39)21-14-10-9-13-20(21)31(36)37/h9-10,13-14,19,28H,11-12,15-18H2,1-8H3,(H,27,35)(H,29,32)(H,33,34)/t19-,43?/m1/s1. The fourth-order valence-electron chi connectivity index (χ4n) is 3.77. The number of sulfonamides is 1. The highest BCUT2D eigenvalue weighted by atomic mass is 32.2. The van der Waals surface area contributed by atoms with E-state index in [9.17, 15) is 32.9 Å². The minimum Gasteiger partial charge on any atom is -0.480 e. The number of carboxylic acid groups (broad SMARTS) is 1. The van der Waals surface area contributed by atoms with Gasteiger partial charge in [-0.3, -0.25) is 25.1 Å². The van der Waals surface area contributed by atoms with E-state index >= 15 is 0 Å². The number of hydrogen-bond acceptors (Lipinski definition) is 10. The molecule has 2 amide bonds. The summed E-state index contributed by atoms with van der Waals surface area (Å²) in [7, 11) is -5.67. The lowest BCUT2D eigenvalue weighted by Crippen LogP contribution is -2.56. The van der Waals surface area contributed by atoms with E-state index in [4.69, 9.17) is 14.3 Å². The van der Waals surface area contributed by atoms with Crippen molar-refractivity contribution in [3.8, 4) is 0 Å². The van der Waals surface area contributed by atoms with Crippen molar-refractivity contribution in [3.05, 3.63) is 34.4 Å². The summed E-state index contributed by atoms with van der Waals surface area (Å²) in [6, 6.07) is 4.99. The Labute approximate surface area is 254 Å². The molecule has 2 atom stereocenters. The van der Waals surface area contributed by atoms with Crippen LogP contribution in [0.15, 0.2) is 29.2 Å². The zero-order valence-corrected chi connectivity index (χ0v) is 27.9. The molecule has 1 aromatic rings. The summed E-state index contributed by atoms with van der Waals surface area (Å²) >= 11 is 0. The van der Waals surface area contributed by atoms with Gasteiger partial charge < -0.3 is 19.6 Å². The smallest absolute Gasteiger partial charge is 0.407 e. The largest absolute Gasteiger partial charge is 0.480 e. The number of ether oxygens (including phenoxy) is 1. The van der Waals surface area contributed by atoms with E-state index in [1.807, 2.05) is 27.3 Å². The van der Waals surface area contributed by atoms with Crippen molar-refractivity contribution in [3.63, 3.8) is 0 Å². The fraction of sp³-hybridized carbons (Fsp3) is 0.654. The molecule has 43 heavy (non-hydrogen) atoms. The molecule has 17 heteroatoms. The summed E-state index contributed by atoms with van der Waals surface area (Å²) < 4.78 is 39.9. The monoisotopic (exact) mass is 647 g/mol. The van der Waals surface area contributed by atoms with Crippen LogP contribution in [-0.2, 0) is 28.8 Å². The number of nitrogens with zero attached hydrogens (tertiary/aromatic N) is 2. The summed E-state index contributed by atoms with van der Waals surface area (Å²) in [5, 5.41) is 23.7. The van der Waals surface area contributed by atoms with Gasteiger partial charge in [0.1, 0.15) is 12.1 Å². The van der Waals surface area contributed by atoms with Gasteiger partial charge in [0.2, 0.25) is 24.2 Å². The summed E-state index contributed by atoms with van der Waals surface area (Å²) in [6.45, 7) is 12.5. The van der Waals surface area contributed by atoms with Gasteiger partial charge in [-0.15, -0.1) is 0 Å². The zero-order chi connectivity index (χ0) is 33.2. The van der Waals surface area contributed by atoms with Crippen LogP contribution in [-0.4, -0.2) is 87.8 Å². The fourth-order valence-corrected chi connectivity index (χ4v) is 7.40. The highest BCUT2D eigenvalue weighted by Gasteiger charge is 2.44. The number of nitrogens with one attached hydrogen (secondary N) is 3. The van der Waals surface area contributed by atoms with Crippen LogP contribution >= 0.6 is 0 Å². The first-order chi connectivity index (χ1) is 19.6. The number of rotatable bonds is 16. The number of benzene rings is 1. The number of carbonyl (C=O) groups is 3. The van der Waals surface area contributed by atoms with Crippen molar-refractivity contribution >= 4 is 42.0 Å².